The Balaban J connectivity index is 2.34. The van der Waals surface area contributed by atoms with Crippen molar-refractivity contribution in [3.8, 4) is 11.3 Å². The molecule has 1 atom stereocenters. The minimum absolute atomic E-state index is 0.281. The van der Waals surface area contributed by atoms with Crippen LogP contribution >= 0.6 is 0 Å². The van der Waals surface area contributed by atoms with E-state index in [1.165, 1.54) is 0 Å². The van der Waals surface area contributed by atoms with Gasteiger partial charge in [-0.1, -0.05) is 43.3 Å². The van der Waals surface area contributed by atoms with Crippen LogP contribution < -0.4 is 0 Å². The van der Waals surface area contributed by atoms with Gasteiger partial charge < -0.3 is 4.42 Å². The van der Waals surface area contributed by atoms with Crippen LogP contribution in [-0.2, 0) is 0 Å². The van der Waals surface area contributed by atoms with E-state index < -0.39 is 0 Å². The third-order valence-corrected chi connectivity index (χ3v) is 2.79. The predicted molar refractivity (Wildman–Crippen MR) is 69.9 cm³/mol. The highest BCUT2D eigenvalue weighted by Gasteiger charge is 2.15. The number of oxazole rings is 1. The summed E-state index contributed by atoms with van der Waals surface area (Å²) in [5.74, 6) is 1.95. The molecule has 0 radical (unpaired) electrons. The zero-order valence-corrected chi connectivity index (χ0v) is 10.3. The molecule has 2 heteroatoms. The Morgan fingerprint density at radius 2 is 2.06 bits per heavy atom. The van der Waals surface area contributed by atoms with E-state index in [-0.39, 0.29) is 5.92 Å². The number of nitrogens with zero attached hydrogens (tertiary/aromatic N) is 1. The Bertz CT molecular complexity index is 499. The fourth-order valence-electron chi connectivity index (χ4n) is 1.84. The van der Waals surface area contributed by atoms with Crippen molar-refractivity contribution in [1.82, 2.24) is 4.98 Å². The number of benzene rings is 1. The zero-order valence-electron chi connectivity index (χ0n) is 10.3. The number of hydrogen-bond acceptors (Lipinski definition) is 2. The Morgan fingerprint density at radius 1 is 1.35 bits per heavy atom. The van der Waals surface area contributed by atoms with Gasteiger partial charge in [-0.25, -0.2) is 4.98 Å². The van der Waals surface area contributed by atoms with Crippen LogP contribution in [0.2, 0.25) is 0 Å². The molecule has 0 N–H and O–H groups in total. The van der Waals surface area contributed by atoms with Crippen LogP contribution in [0, 0.1) is 6.92 Å². The van der Waals surface area contributed by atoms with Gasteiger partial charge in [0.25, 0.3) is 0 Å². The van der Waals surface area contributed by atoms with Crippen LogP contribution in [0.3, 0.4) is 0 Å². The Morgan fingerprint density at radius 3 is 2.71 bits per heavy atom. The number of allylic oxidation sites excluding steroid dienone is 1. The summed E-state index contributed by atoms with van der Waals surface area (Å²) >= 11 is 0. The zero-order chi connectivity index (χ0) is 12.3. The molecule has 1 heterocycles. The van der Waals surface area contributed by atoms with E-state index in [0.29, 0.717) is 0 Å². The molecule has 1 aromatic carbocycles. The van der Waals surface area contributed by atoms with Gasteiger partial charge in [0.15, 0.2) is 11.7 Å². The quantitative estimate of drug-likeness (QED) is 0.726. The molecule has 0 fully saturated rings. The summed E-state index contributed by atoms with van der Waals surface area (Å²) in [6.07, 6.45) is 2.78. The van der Waals surface area contributed by atoms with Gasteiger partial charge in [0.1, 0.15) is 0 Å². The highest BCUT2D eigenvalue weighted by atomic mass is 16.4. The lowest BCUT2D eigenvalue weighted by Crippen LogP contribution is -1.91. The Kier molecular flexibility index (Phi) is 3.43. The molecule has 0 saturated heterocycles. The summed E-state index contributed by atoms with van der Waals surface area (Å²) in [6.45, 7) is 7.83. The van der Waals surface area contributed by atoms with E-state index in [1.54, 1.807) is 0 Å². The lowest BCUT2D eigenvalue weighted by Gasteiger charge is -2.02. The second kappa shape index (κ2) is 5.00. The van der Waals surface area contributed by atoms with E-state index >= 15 is 0 Å². The maximum absolute atomic E-state index is 5.86. The van der Waals surface area contributed by atoms with Gasteiger partial charge in [-0.15, -0.1) is 6.58 Å². The SMILES string of the molecule is C=CCC(C)c1nc(C)c(-c2ccccc2)o1. The third-order valence-electron chi connectivity index (χ3n) is 2.79. The normalized spacial score (nSPS) is 12.4. The molecule has 2 nitrogen and oxygen atoms in total. The molecule has 2 rings (SSSR count). The number of aromatic nitrogens is 1. The van der Waals surface area contributed by atoms with Crippen LogP contribution in [0.15, 0.2) is 47.4 Å². The minimum atomic E-state index is 0.281. The van der Waals surface area contributed by atoms with E-state index in [0.717, 1.165) is 29.3 Å². The van der Waals surface area contributed by atoms with Crippen molar-refractivity contribution in [2.75, 3.05) is 0 Å². The molecule has 0 amide bonds. The lowest BCUT2D eigenvalue weighted by atomic mass is 10.1. The van der Waals surface area contributed by atoms with Crippen LogP contribution in [0.5, 0.6) is 0 Å². The summed E-state index contributed by atoms with van der Waals surface area (Å²) < 4.78 is 5.86. The molecule has 0 aliphatic rings. The topological polar surface area (TPSA) is 26.0 Å². The van der Waals surface area contributed by atoms with Crippen molar-refractivity contribution in [3.63, 3.8) is 0 Å². The maximum atomic E-state index is 5.86. The van der Waals surface area contributed by atoms with E-state index in [4.69, 9.17) is 4.42 Å². The van der Waals surface area contributed by atoms with E-state index in [1.807, 2.05) is 43.3 Å². The van der Waals surface area contributed by atoms with Gasteiger partial charge in [0.2, 0.25) is 0 Å². The van der Waals surface area contributed by atoms with Crippen LogP contribution in [0.1, 0.15) is 30.8 Å². The molecule has 0 saturated carbocycles. The standard InChI is InChI=1S/C15H17NO/c1-4-8-11(2)15-16-12(3)14(17-15)13-9-6-5-7-10-13/h4-7,9-11H,1,8H2,2-3H3. The van der Waals surface area contributed by atoms with Crippen LogP contribution in [0.4, 0.5) is 0 Å². The van der Waals surface area contributed by atoms with Crippen LogP contribution in [-0.4, -0.2) is 4.98 Å². The molecular formula is C15H17NO. The first kappa shape index (κ1) is 11.6. The smallest absolute Gasteiger partial charge is 0.198 e. The van der Waals surface area contributed by atoms with Crippen molar-refractivity contribution < 1.29 is 4.42 Å². The number of aryl methyl sites for hydroxylation is 1. The van der Waals surface area contributed by atoms with Crippen molar-refractivity contribution in [3.05, 3.63) is 54.6 Å². The summed E-state index contributed by atoms with van der Waals surface area (Å²) in [7, 11) is 0. The maximum Gasteiger partial charge on any atom is 0.198 e. The summed E-state index contributed by atoms with van der Waals surface area (Å²) in [5, 5.41) is 0. The molecule has 0 bridgehead atoms. The van der Waals surface area contributed by atoms with Gasteiger partial charge in [0, 0.05) is 11.5 Å². The molecule has 0 aliphatic carbocycles. The number of hydrogen-bond donors (Lipinski definition) is 0. The summed E-state index contributed by atoms with van der Waals surface area (Å²) in [6, 6.07) is 10.1. The first-order valence-corrected chi connectivity index (χ1v) is 5.86. The van der Waals surface area contributed by atoms with Crippen molar-refractivity contribution in [1.29, 1.82) is 0 Å². The van der Waals surface area contributed by atoms with Crippen LogP contribution in [0.25, 0.3) is 11.3 Å². The fourth-order valence-corrected chi connectivity index (χ4v) is 1.84. The van der Waals surface area contributed by atoms with Gasteiger partial charge in [-0.05, 0) is 13.3 Å². The first-order chi connectivity index (χ1) is 8.22. The molecule has 88 valence electrons. The highest BCUT2D eigenvalue weighted by Crippen LogP contribution is 2.28. The van der Waals surface area contributed by atoms with E-state index in [9.17, 15) is 0 Å². The van der Waals surface area contributed by atoms with Crippen molar-refractivity contribution >= 4 is 0 Å². The minimum Gasteiger partial charge on any atom is -0.440 e. The van der Waals surface area contributed by atoms with E-state index in [2.05, 4.69) is 18.5 Å². The second-order valence-electron chi connectivity index (χ2n) is 4.26. The molecular weight excluding hydrogens is 210 g/mol. The lowest BCUT2D eigenvalue weighted by molar-refractivity contribution is 0.469. The molecule has 1 unspecified atom stereocenters. The first-order valence-electron chi connectivity index (χ1n) is 5.86. The van der Waals surface area contributed by atoms with Crippen molar-refractivity contribution in [2.24, 2.45) is 0 Å². The molecule has 17 heavy (non-hydrogen) atoms. The molecule has 2 aromatic rings. The monoisotopic (exact) mass is 227 g/mol. The Labute approximate surface area is 102 Å². The average Bonchev–Trinajstić information content (AvgIpc) is 2.73. The molecule has 0 aliphatic heterocycles. The van der Waals surface area contributed by atoms with Gasteiger partial charge in [0.05, 0.1) is 5.69 Å². The predicted octanol–water partition coefficient (Wildman–Crippen LogP) is 4.33. The van der Waals surface area contributed by atoms with Gasteiger partial charge in [-0.2, -0.15) is 0 Å². The summed E-state index contributed by atoms with van der Waals surface area (Å²) in [4.78, 5) is 4.49. The fraction of sp³-hybridized carbons (Fsp3) is 0.267. The second-order valence-corrected chi connectivity index (χ2v) is 4.26. The summed E-state index contributed by atoms with van der Waals surface area (Å²) in [5.41, 5.74) is 2.02. The molecule has 1 aromatic heterocycles. The highest BCUT2D eigenvalue weighted by molar-refractivity contribution is 5.59. The number of rotatable bonds is 4. The third kappa shape index (κ3) is 2.47. The van der Waals surface area contributed by atoms with Gasteiger partial charge in [-0.3, -0.25) is 0 Å². The van der Waals surface area contributed by atoms with Crippen molar-refractivity contribution in [2.45, 2.75) is 26.2 Å². The van der Waals surface area contributed by atoms with Gasteiger partial charge >= 0.3 is 0 Å². The largest absolute Gasteiger partial charge is 0.440 e. The molecule has 0 spiro atoms. The Hall–Kier alpha value is -1.83. The average molecular weight is 227 g/mol.